The molecule has 0 saturated carbocycles. The summed E-state index contributed by atoms with van der Waals surface area (Å²) in [6.45, 7) is 0. The van der Waals surface area contributed by atoms with Crippen molar-refractivity contribution in [2.75, 3.05) is 0 Å². The number of hydrogen-bond donors (Lipinski definition) is 1. The molecule has 0 radical (unpaired) electrons. The SMILES string of the molecule is Clc1ccc2c(Br)c(Cl)ccc2n1.O=C(O)c1c(Cl)ccc2nc(Cl)ccc12. The molecule has 2 aromatic carbocycles. The van der Waals surface area contributed by atoms with Crippen LogP contribution < -0.4 is 0 Å². The third-order valence-corrected chi connectivity index (χ3v) is 5.86. The van der Waals surface area contributed by atoms with Crippen LogP contribution in [0.3, 0.4) is 0 Å². The normalized spacial score (nSPS) is 10.6. The molecule has 4 aromatic rings. The van der Waals surface area contributed by atoms with Crippen molar-refractivity contribution < 1.29 is 9.90 Å². The van der Waals surface area contributed by atoms with E-state index in [1.165, 1.54) is 12.1 Å². The molecule has 0 aliphatic carbocycles. The molecule has 0 atom stereocenters. The van der Waals surface area contributed by atoms with Crippen molar-refractivity contribution in [3.05, 3.63) is 78.9 Å². The lowest BCUT2D eigenvalue weighted by atomic mass is 10.1. The Labute approximate surface area is 188 Å². The number of carboxylic acid groups (broad SMARTS) is 1. The zero-order valence-electron chi connectivity index (χ0n) is 13.8. The van der Waals surface area contributed by atoms with E-state index in [9.17, 15) is 4.79 Å². The van der Waals surface area contributed by atoms with Crippen LogP contribution in [0.25, 0.3) is 21.8 Å². The minimum absolute atomic E-state index is 0.0540. The zero-order valence-corrected chi connectivity index (χ0v) is 18.4. The van der Waals surface area contributed by atoms with E-state index in [1.807, 2.05) is 12.1 Å². The summed E-state index contributed by atoms with van der Waals surface area (Å²) in [5.74, 6) is -1.07. The van der Waals surface area contributed by atoms with E-state index in [0.717, 1.165) is 15.4 Å². The average molecular weight is 519 g/mol. The number of aromatic nitrogens is 2. The summed E-state index contributed by atoms with van der Waals surface area (Å²) in [5.41, 5.74) is 1.41. The number of nitrogens with zero attached hydrogens (tertiary/aromatic N) is 2. The molecule has 142 valence electrons. The molecule has 4 nitrogen and oxygen atoms in total. The van der Waals surface area contributed by atoms with E-state index in [1.54, 1.807) is 24.3 Å². The molecule has 9 heteroatoms. The van der Waals surface area contributed by atoms with Gasteiger partial charge >= 0.3 is 5.97 Å². The van der Waals surface area contributed by atoms with Gasteiger partial charge in [0, 0.05) is 15.2 Å². The maximum atomic E-state index is 11.0. The van der Waals surface area contributed by atoms with Gasteiger partial charge in [0.1, 0.15) is 10.3 Å². The van der Waals surface area contributed by atoms with Crippen LogP contribution in [0.15, 0.2) is 53.0 Å². The quantitative estimate of drug-likeness (QED) is 0.264. The molecule has 4 rings (SSSR count). The molecule has 0 bridgehead atoms. The highest BCUT2D eigenvalue weighted by molar-refractivity contribution is 9.10. The molecule has 1 N–H and O–H groups in total. The summed E-state index contributed by atoms with van der Waals surface area (Å²) < 4.78 is 0.857. The number of benzene rings is 2. The molecule has 0 fully saturated rings. The Morgan fingerprint density at radius 1 is 0.750 bits per heavy atom. The van der Waals surface area contributed by atoms with Gasteiger partial charge in [0.2, 0.25) is 0 Å². The monoisotopic (exact) mass is 516 g/mol. The van der Waals surface area contributed by atoms with Crippen molar-refractivity contribution in [1.82, 2.24) is 9.97 Å². The van der Waals surface area contributed by atoms with E-state index < -0.39 is 5.97 Å². The summed E-state index contributed by atoms with van der Waals surface area (Å²) >= 11 is 26.6. The fourth-order valence-corrected chi connectivity index (χ4v) is 3.67. The van der Waals surface area contributed by atoms with Crippen molar-refractivity contribution in [1.29, 1.82) is 0 Å². The highest BCUT2D eigenvalue weighted by Gasteiger charge is 2.13. The maximum Gasteiger partial charge on any atom is 0.337 e. The number of fused-ring (bicyclic) bond motifs is 2. The van der Waals surface area contributed by atoms with Gasteiger partial charge in [-0.25, -0.2) is 14.8 Å². The van der Waals surface area contributed by atoms with Crippen LogP contribution in [-0.2, 0) is 0 Å². The summed E-state index contributed by atoms with van der Waals surface area (Å²) in [7, 11) is 0. The van der Waals surface area contributed by atoms with Crippen molar-refractivity contribution in [2.45, 2.75) is 0 Å². The second-order valence-electron chi connectivity index (χ2n) is 5.49. The number of carboxylic acids is 1. The lowest BCUT2D eigenvalue weighted by Crippen LogP contribution is -1.99. The summed E-state index contributed by atoms with van der Waals surface area (Å²) in [5, 5.41) is 12.1. The fraction of sp³-hybridized carbons (Fsp3) is 0. The summed E-state index contributed by atoms with van der Waals surface area (Å²) in [6.07, 6.45) is 0. The molecule has 2 heterocycles. The molecular weight excluding hydrogens is 510 g/mol. The molecular formula is C19H9BrCl4N2O2. The predicted octanol–water partition coefficient (Wildman–Crippen LogP) is 7.54. The fourth-order valence-electron chi connectivity index (χ4n) is 2.49. The van der Waals surface area contributed by atoms with Crippen LogP contribution in [-0.4, -0.2) is 21.0 Å². The second-order valence-corrected chi connectivity index (χ2v) is 7.87. The van der Waals surface area contributed by atoms with Gasteiger partial charge in [-0.1, -0.05) is 46.4 Å². The van der Waals surface area contributed by atoms with Gasteiger partial charge in [-0.2, -0.15) is 0 Å². The number of carbonyl (C=O) groups is 1. The van der Waals surface area contributed by atoms with Crippen LogP contribution in [0.4, 0.5) is 0 Å². The first-order valence-corrected chi connectivity index (χ1v) is 9.96. The Hall–Kier alpha value is -1.63. The lowest BCUT2D eigenvalue weighted by molar-refractivity contribution is 0.0699. The van der Waals surface area contributed by atoms with Gasteiger partial charge in [0.15, 0.2) is 0 Å². The van der Waals surface area contributed by atoms with Crippen molar-refractivity contribution in [3.8, 4) is 0 Å². The largest absolute Gasteiger partial charge is 0.478 e. The van der Waals surface area contributed by atoms with Crippen molar-refractivity contribution in [2.24, 2.45) is 0 Å². The maximum absolute atomic E-state index is 11.0. The van der Waals surface area contributed by atoms with E-state index >= 15 is 0 Å². The van der Waals surface area contributed by atoms with Gasteiger partial charge in [0.25, 0.3) is 0 Å². The van der Waals surface area contributed by atoms with Gasteiger partial charge in [-0.05, 0) is 64.5 Å². The van der Waals surface area contributed by atoms with Gasteiger partial charge in [0.05, 0.1) is 26.6 Å². The molecule has 2 aromatic heterocycles. The Bertz CT molecular complexity index is 1220. The number of aromatic carboxylic acids is 1. The van der Waals surface area contributed by atoms with Gasteiger partial charge < -0.3 is 5.11 Å². The third kappa shape index (κ3) is 4.50. The molecule has 0 aliphatic heterocycles. The summed E-state index contributed by atoms with van der Waals surface area (Å²) in [4.78, 5) is 19.1. The van der Waals surface area contributed by atoms with E-state index in [4.69, 9.17) is 51.5 Å². The van der Waals surface area contributed by atoms with Gasteiger partial charge in [-0.15, -0.1) is 0 Å². The summed E-state index contributed by atoms with van der Waals surface area (Å²) in [6, 6.07) is 13.5. The first-order valence-electron chi connectivity index (χ1n) is 7.66. The van der Waals surface area contributed by atoms with Crippen LogP contribution in [0, 0.1) is 0 Å². The van der Waals surface area contributed by atoms with E-state index in [-0.39, 0.29) is 10.6 Å². The second kappa shape index (κ2) is 8.80. The minimum atomic E-state index is -1.07. The first kappa shape index (κ1) is 21.1. The molecule has 0 unspecified atom stereocenters. The Kier molecular flexibility index (Phi) is 6.63. The smallest absolute Gasteiger partial charge is 0.337 e. The lowest BCUT2D eigenvalue weighted by Gasteiger charge is -2.04. The van der Waals surface area contributed by atoms with E-state index in [0.29, 0.717) is 26.2 Å². The average Bonchev–Trinajstić information content (AvgIpc) is 2.65. The first-order chi connectivity index (χ1) is 13.3. The Morgan fingerprint density at radius 3 is 1.82 bits per heavy atom. The molecule has 28 heavy (non-hydrogen) atoms. The standard InChI is InChI=1S/C10H5Cl2NO2.C9H4BrCl2N/c11-6-2-3-7-5(9(6)10(14)15)1-4-8(12)13-7;10-9-5-1-4-8(12)13-7(5)3-2-6(9)11/h1-4H,(H,14,15);1-4H. The van der Waals surface area contributed by atoms with Crippen LogP contribution >= 0.6 is 62.3 Å². The number of halogens is 5. The van der Waals surface area contributed by atoms with Crippen LogP contribution in [0.2, 0.25) is 20.4 Å². The molecule has 0 saturated heterocycles. The molecule has 0 amide bonds. The molecule has 0 spiro atoms. The number of pyridine rings is 2. The molecule has 0 aliphatic rings. The third-order valence-electron chi connectivity index (χ3n) is 3.72. The van der Waals surface area contributed by atoms with Crippen molar-refractivity contribution >= 4 is 90.1 Å². The Morgan fingerprint density at radius 2 is 1.25 bits per heavy atom. The van der Waals surface area contributed by atoms with Crippen molar-refractivity contribution in [3.63, 3.8) is 0 Å². The van der Waals surface area contributed by atoms with Gasteiger partial charge in [-0.3, -0.25) is 0 Å². The van der Waals surface area contributed by atoms with Crippen LogP contribution in [0.1, 0.15) is 10.4 Å². The highest BCUT2D eigenvalue weighted by atomic mass is 79.9. The Balaban J connectivity index is 0.000000162. The highest BCUT2D eigenvalue weighted by Crippen LogP contribution is 2.30. The number of hydrogen-bond acceptors (Lipinski definition) is 3. The van der Waals surface area contributed by atoms with E-state index in [2.05, 4.69) is 25.9 Å². The topological polar surface area (TPSA) is 63.1 Å². The minimum Gasteiger partial charge on any atom is -0.478 e. The van der Waals surface area contributed by atoms with Crippen LogP contribution in [0.5, 0.6) is 0 Å². The number of rotatable bonds is 1. The predicted molar refractivity (Wildman–Crippen MR) is 118 cm³/mol. The zero-order chi connectivity index (χ0) is 20.4.